The van der Waals surface area contributed by atoms with Crippen molar-refractivity contribution >= 4 is 34.7 Å². The average Bonchev–Trinajstić information content (AvgIpc) is 3.31. The number of hydrogen-bond donors (Lipinski definition) is 2. The van der Waals surface area contributed by atoms with Crippen molar-refractivity contribution in [3.63, 3.8) is 0 Å². The van der Waals surface area contributed by atoms with Crippen LogP contribution < -0.4 is 15.5 Å². The first-order chi connectivity index (χ1) is 14.1. The van der Waals surface area contributed by atoms with Crippen LogP contribution in [0.3, 0.4) is 0 Å². The van der Waals surface area contributed by atoms with E-state index in [0.29, 0.717) is 28.2 Å². The minimum absolute atomic E-state index is 0.171. The van der Waals surface area contributed by atoms with Crippen LogP contribution in [0.2, 0.25) is 0 Å². The molecule has 0 unspecified atom stereocenters. The van der Waals surface area contributed by atoms with Crippen LogP contribution in [0.15, 0.2) is 72.1 Å². The summed E-state index contributed by atoms with van der Waals surface area (Å²) < 4.78 is 0. The number of carbonyl (C=O) groups excluding carboxylic acids is 3. The molecule has 0 saturated carbocycles. The molecule has 2 aromatic carbocycles. The molecule has 0 aliphatic heterocycles. The second kappa shape index (κ2) is 9.66. The van der Waals surface area contributed by atoms with Gasteiger partial charge in [-0.1, -0.05) is 36.4 Å². The van der Waals surface area contributed by atoms with Gasteiger partial charge in [-0.15, -0.1) is 11.3 Å². The summed E-state index contributed by atoms with van der Waals surface area (Å²) in [4.78, 5) is 39.3. The molecule has 3 aromatic rings. The molecule has 0 aliphatic carbocycles. The predicted octanol–water partition coefficient (Wildman–Crippen LogP) is 3.18. The number of benzene rings is 2. The molecule has 0 saturated heterocycles. The van der Waals surface area contributed by atoms with E-state index in [1.807, 2.05) is 17.5 Å². The number of amides is 3. The molecule has 1 aromatic heterocycles. The van der Waals surface area contributed by atoms with Gasteiger partial charge in [0, 0.05) is 25.7 Å². The number of anilines is 1. The van der Waals surface area contributed by atoms with Gasteiger partial charge in [-0.3, -0.25) is 14.4 Å². The van der Waals surface area contributed by atoms with Crippen molar-refractivity contribution in [2.75, 3.05) is 25.0 Å². The van der Waals surface area contributed by atoms with E-state index < -0.39 is 0 Å². The van der Waals surface area contributed by atoms with Gasteiger partial charge in [-0.25, -0.2) is 0 Å². The highest BCUT2D eigenvalue weighted by Crippen LogP contribution is 2.22. The van der Waals surface area contributed by atoms with Gasteiger partial charge in [0.1, 0.15) is 0 Å². The van der Waals surface area contributed by atoms with Crippen molar-refractivity contribution in [1.82, 2.24) is 10.6 Å². The lowest BCUT2D eigenvalue weighted by atomic mass is 10.1. The van der Waals surface area contributed by atoms with Crippen LogP contribution in [0.1, 0.15) is 30.4 Å². The second-order valence-corrected chi connectivity index (χ2v) is 7.18. The van der Waals surface area contributed by atoms with Gasteiger partial charge >= 0.3 is 0 Å². The van der Waals surface area contributed by atoms with E-state index in [1.165, 1.54) is 16.2 Å². The van der Waals surface area contributed by atoms with Gasteiger partial charge in [0.05, 0.1) is 16.1 Å². The highest BCUT2D eigenvalue weighted by Gasteiger charge is 2.20. The molecule has 148 valence electrons. The zero-order valence-electron chi connectivity index (χ0n) is 15.9. The highest BCUT2D eigenvalue weighted by molar-refractivity contribution is 7.12. The Labute approximate surface area is 173 Å². The summed E-state index contributed by atoms with van der Waals surface area (Å²) in [6.07, 6.45) is 0. The standard InChI is InChI=1S/C22H21N3O3S/c1-25(22(28)19-12-7-15-29-19)18-11-6-5-10-17(18)21(27)24-14-13-23-20(26)16-8-3-2-4-9-16/h2-12,15H,13-14H2,1H3,(H,23,26)(H,24,27). The van der Waals surface area contributed by atoms with E-state index in [1.54, 1.807) is 61.6 Å². The molecule has 0 aliphatic rings. The second-order valence-electron chi connectivity index (χ2n) is 6.24. The number of carbonyl (C=O) groups is 3. The lowest BCUT2D eigenvalue weighted by Crippen LogP contribution is -2.35. The summed E-state index contributed by atoms with van der Waals surface area (Å²) in [7, 11) is 1.65. The smallest absolute Gasteiger partial charge is 0.268 e. The van der Waals surface area contributed by atoms with Crippen molar-refractivity contribution in [3.05, 3.63) is 88.1 Å². The van der Waals surface area contributed by atoms with E-state index >= 15 is 0 Å². The molecule has 0 radical (unpaired) electrons. The first-order valence-corrected chi connectivity index (χ1v) is 9.98. The van der Waals surface area contributed by atoms with Gasteiger partial charge in [0.15, 0.2) is 0 Å². The summed E-state index contributed by atoms with van der Waals surface area (Å²) in [6.45, 7) is 0.569. The van der Waals surface area contributed by atoms with Crippen LogP contribution in [0, 0.1) is 0 Å². The molecule has 0 atom stereocenters. The number of nitrogens with zero attached hydrogens (tertiary/aromatic N) is 1. The molecule has 0 fully saturated rings. The molecule has 3 amide bonds. The van der Waals surface area contributed by atoms with Crippen molar-refractivity contribution in [3.8, 4) is 0 Å². The number of thiophene rings is 1. The van der Waals surface area contributed by atoms with Crippen LogP contribution >= 0.6 is 11.3 Å². The number of rotatable bonds is 7. The monoisotopic (exact) mass is 407 g/mol. The molecule has 1 heterocycles. The predicted molar refractivity (Wildman–Crippen MR) is 115 cm³/mol. The number of para-hydroxylation sites is 1. The molecule has 0 spiro atoms. The third-order valence-electron chi connectivity index (χ3n) is 4.28. The Hall–Kier alpha value is -3.45. The number of nitrogens with one attached hydrogen (secondary N) is 2. The molecule has 3 rings (SSSR count). The Balaban J connectivity index is 1.58. The van der Waals surface area contributed by atoms with Crippen molar-refractivity contribution in [2.24, 2.45) is 0 Å². The average molecular weight is 407 g/mol. The summed E-state index contributed by atoms with van der Waals surface area (Å²) in [6, 6.07) is 19.4. The first-order valence-electron chi connectivity index (χ1n) is 9.10. The summed E-state index contributed by atoms with van der Waals surface area (Å²) in [5.41, 5.74) is 1.49. The van der Waals surface area contributed by atoms with Crippen LogP contribution in [0.25, 0.3) is 0 Å². The van der Waals surface area contributed by atoms with Gasteiger partial charge < -0.3 is 15.5 Å². The van der Waals surface area contributed by atoms with Gasteiger partial charge in [-0.05, 0) is 35.7 Å². The van der Waals surface area contributed by atoms with Crippen LogP contribution in [-0.2, 0) is 0 Å². The Morgan fingerprint density at radius 3 is 2.17 bits per heavy atom. The molecule has 2 N–H and O–H groups in total. The maximum absolute atomic E-state index is 12.6. The minimum Gasteiger partial charge on any atom is -0.350 e. The minimum atomic E-state index is -0.305. The molecule has 29 heavy (non-hydrogen) atoms. The zero-order valence-corrected chi connectivity index (χ0v) is 16.7. The van der Waals surface area contributed by atoms with Crippen LogP contribution in [0.5, 0.6) is 0 Å². The van der Waals surface area contributed by atoms with Gasteiger partial charge in [0.25, 0.3) is 17.7 Å². The SMILES string of the molecule is CN(C(=O)c1cccs1)c1ccccc1C(=O)NCCNC(=O)c1ccccc1. The maximum atomic E-state index is 12.6. The lowest BCUT2D eigenvalue weighted by molar-refractivity contribution is 0.0927. The molecule has 6 nitrogen and oxygen atoms in total. The fraction of sp³-hybridized carbons (Fsp3) is 0.136. The molecule has 0 bridgehead atoms. The van der Waals surface area contributed by atoms with Crippen molar-refractivity contribution in [1.29, 1.82) is 0 Å². The molecular weight excluding hydrogens is 386 g/mol. The van der Waals surface area contributed by atoms with Crippen LogP contribution in [0.4, 0.5) is 5.69 Å². The third-order valence-corrected chi connectivity index (χ3v) is 5.14. The van der Waals surface area contributed by atoms with Crippen LogP contribution in [-0.4, -0.2) is 37.9 Å². The van der Waals surface area contributed by atoms with Gasteiger partial charge in [-0.2, -0.15) is 0 Å². The molecule has 7 heteroatoms. The fourth-order valence-electron chi connectivity index (χ4n) is 2.77. The van der Waals surface area contributed by atoms with E-state index in [4.69, 9.17) is 0 Å². The molecular formula is C22H21N3O3S. The third kappa shape index (κ3) is 5.08. The maximum Gasteiger partial charge on any atom is 0.268 e. The summed E-state index contributed by atoms with van der Waals surface area (Å²) >= 11 is 1.35. The lowest BCUT2D eigenvalue weighted by Gasteiger charge is -2.20. The summed E-state index contributed by atoms with van der Waals surface area (Å²) in [5.74, 6) is -0.669. The first kappa shape index (κ1) is 20.3. The fourth-order valence-corrected chi connectivity index (χ4v) is 3.47. The summed E-state index contributed by atoms with van der Waals surface area (Å²) in [5, 5.41) is 7.39. The van der Waals surface area contributed by atoms with E-state index in [2.05, 4.69) is 10.6 Å². The largest absolute Gasteiger partial charge is 0.350 e. The zero-order chi connectivity index (χ0) is 20.6. The topological polar surface area (TPSA) is 78.5 Å². The van der Waals surface area contributed by atoms with Gasteiger partial charge in [0.2, 0.25) is 0 Å². The Bertz CT molecular complexity index is 988. The normalized spacial score (nSPS) is 10.2. The quantitative estimate of drug-likeness (QED) is 0.591. The number of hydrogen-bond acceptors (Lipinski definition) is 4. The Morgan fingerprint density at radius 1 is 0.828 bits per heavy atom. The Kier molecular flexibility index (Phi) is 6.76. The van der Waals surface area contributed by atoms with Crippen molar-refractivity contribution in [2.45, 2.75) is 0 Å². The van der Waals surface area contributed by atoms with E-state index in [0.717, 1.165) is 0 Å². The van der Waals surface area contributed by atoms with E-state index in [9.17, 15) is 14.4 Å². The Morgan fingerprint density at radius 2 is 1.48 bits per heavy atom. The highest BCUT2D eigenvalue weighted by atomic mass is 32.1. The van der Waals surface area contributed by atoms with E-state index in [-0.39, 0.29) is 24.3 Å². The van der Waals surface area contributed by atoms with Crippen molar-refractivity contribution < 1.29 is 14.4 Å².